The first kappa shape index (κ1) is 25.8. The van der Waals surface area contributed by atoms with E-state index in [0.717, 1.165) is 56.2 Å². The summed E-state index contributed by atoms with van der Waals surface area (Å²) >= 11 is 0. The Labute approximate surface area is 185 Å². The molecule has 166 valence electrons. The van der Waals surface area contributed by atoms with E-state index >= 15 is 0 Å². The summed E-state index contributed by atoms with van der Waals surface area (Å²) in [6.45, 7) is 3.86. The van der Waals surface area contributed by atoms with E-state index in [-0.39, 0.29) is 42.7 Å². The average molecular weight is 450 g/mol. The van der Waals surface area contributed by atoms with Crippen LogP contribution in [0.3, 0.4) is 0 Å². The molecule has 9 heteroatoms. The number of hydrogen-bond donors (Lipinski definition) is 2. The number of nitrogens with two attached hydrogens (primary N) is 1. The van der Waals surface area contributed by atoms with Gasteiger partial charge in [0.1, 0.15) is 11.5 Å². The number of rotatable bonds is 5. The van der Waals surface area contributed by atoms with Gasteiger partial charge in [-0.15, -0.1) is 24.8 Å². The first-order valence-corrected chi connectivity index (χ1v) is 9.67. The number of carbonyl (C=O) groups is 1. The average Bonchev–Trinajstić information content (AvgIpc) is 2.70. The standard InChI is InChI=1S/C20H31N3O4.2ClH/c1-26-16-4-6-19(27-2)15(11-16)13-22-7-9-23(10-8-22)20(25)14-3-5-18(24)17(21)12-14;;/h4,6,11,14,17-18,24H,3,5,7-10,12-13,21H2,1-2H3;2*1H/t14-,17+,18+;;/m0../s1. The van der Waals surface area contributed by atoms with Gasteiger partial charge in [-0.05, 0) is 37.5 Å². The van der Waals surface area contributed by atoms with E-state index in [4.69, 9.17) is 15.2 Å². The van der Waals surface area contributed by atoms with E-state index in [1.54, 1.807) is 14.2 Å². The van der Waals surface area contributed by atoms with Crippen molar-refractivity contribution < 1.29 is 19.4 Å². The van der Waals surface area contributed by atoms with Crippen molar-refractivity contribution in [3.8, 4) is 11.5 Å². The van der Waals surface area contributed by atoms with Crippen molar-refractivity contribution in [2.24, 2.45) is 11.7 Å². The highest BCUT2D eigenvalue weighted by Gasteiger charge is 2.34. The predicted molar refractivity (Wildman–Crippen MR) is 117 cm³/mol. The number of benzene rings is 1. The number of halogens is 2. The molecule has 7 nitrogen and oxygen atoms in total. The molecule has 0 radical (unpaired) electrons. The first-order valence-electron chi connectivity index (χ1n) is 9.67. The monoisotopic (exact) mass is 449 g/mol. The number of piperazine rings is 1. The largest absolute Gasteiger partial charge is 0.497 e. The molecular formula is C20H33Cl2N3O4. The van der Waals surface area contributed by atoms with Crippen LogP contribution in [-0.2, 0) is 11.3 Å². The fourth-order valence-corrected chi connectivity index (χ4v) is 4.04. The first-order chi connectivity index (χ1) is 13.0. The molecule has 1 aromatic carbocycles. The Balaban J connectivity index is 0.00000210. The number of nitrogens with zero attached hydrogens (tertiary/aromatic N) is 2. The molecule has 1 saturated heterocycles. The number of methoxy groups -OCH3 is 2. The SMILES string of the molecule is COc1ccc(OC)c(CN2CCN(C(=O)[C@H]3CC[C@@H](O)[C@H](N)C3)CC2)c1.Cl.Cl. The Hall–Kier alpha value is -1.25. The number of carbonyl (C=O) groups excluding carboxylic acids is 1. The minimum Gasteiger partial charge on any atom is -0.497 e. The molecule has 1 aromatic rings. The normalized spacial score (nSPS) is 24.8. The molecule has 3 atom stereocenters. The van der Waals surface area contributed by atoms with Crippen molar-refractivity contribution in [1.29, 1.82) is 0 Å². The molecule has 1 amide bonds. The van der Waals surface area contributed by atoms with Crippen molar-refractivity contribution in [2.75, 3.05) is 40.4 Å². The van der Waals surface area contributed by atoms with Gasteiger partial charge in [0, 0.05) is 50.2 Å². The van der Waals surface area contributed by atoms with Crippen molar-refractivity contribution >= 4 is 30.7 Å². The second kappa shape index (κ2) is 11.8. The molecule has 0 bridgehead atoms. The highest BCUT2D eigenvalue weighted by molar-refractivity contribution is 5.85. The number of hydrogen-bond acceptors (Lipinski definition) is 6. The van der Waals surface area contributed by atoms with E-state index in [0.29, 0.717) is 12.8 Å². The van der Waals surface area contributed by atoms with Crippen LogP contribution in [0.5, 0.6) is 11.5 Å². The van der Waals surface area contributed by atoms with Crippen LogP contribution in [0, 0.1) is 5.92 Å². The van der Waals surface area contributed by atoms with Gasteiger partial charge in [0.15, 0.2) is 0 Å². The van der Waals surface area contributed by atoms with Crippen molar-refractivity contribution in [3.05, 3.63) is 23.8 Å². The molecule has 0 aromatic heterocycles. The molecule has 1 aliphatic heterocycles. The van der Waals surface area contributed by atoms with E-state index < -0.39 is 6.10 Å². The lowest BCUT2D eigenvalue weighted by atomic mass is 9.83. The second-order valence-electron chi connectivity index (χ2n) is 7.52. The maximum Gasteiger partial charge on any atom is 0.225 e. The summed E-state index contributed by atoms with van der Waals surface area (Å²) in [5.41, 5.74) is 7.03. The lowest BCUT2D eigenvalue weighted by molar-refractivity contribution is -0.139. The van der Waals surface area contributed by atoms with Crippen LogP contribution in [0.25, 0.3) is 0 Å². The Kier molecular flexibility index (Phi) is 10.5. The molecule has 29 heavy (non-hydrogen) atoms. The summed E-state index contributed by atoms with van der Waals surface area (Å²) in [5.74, 6) is 1.81. The lowest BCUT2D eigenvalue weighted by Crippen LogP contribution is -2.52. The van der Waals surface area contributed by atoms with Crippen molar-refractivity contribution in [2.45, 2.75) is 38.0 Å². The zero-order valence-corrected chi connectivity index (χ0v) is 18.7. The number of amides is 1. The molecular weight excluding hydrogens is 417 g/mol. The van der Waals surface area contributed by atoms with E-state index in [1.807, 2.05) is 23.1 Å². The quantitative estimate of drug-likeness (QED) is 0.710. The zero-order chi connectivity index (χ0) is 19.4. The minimum atomic E-state index is -0.469. The summed E-state index contributed by atoms with van der Waals surface area (Å²) in [4.78, 5) is 17.1. The van der Waals surface area contributed by atoms with Gasteiger partial charge in [-0.2, -0.15) is 0 Å². The predicted octanol–water partition coefficient (Wildman–Crippen LogP) is 1.68. The Bertz CT molecular complexity index is 657. The van der Waals surface area contributed by atoms with Crippen molar-refractivity contribution in [3.63, 3.8) is 0 Å². The number of aliphatic hydroxyl groups is 1. The third-order valence-electron chi connectivity index (χ3n) is 5.78. The maximum absolute atomic E-state index is 12.8. The lowest BCUT2D eigenvalue weighted by Gasteiger charge is -2.38. The van der Waals surface area contributed by atoms with Crippen LogP contribution >= 0.6 is 24.8 Å². The van der Waals surface area contributed by atoms with Gasteiger partial charge in [0.2, 0.25) is 5.91 Å². The fraction of sp³-hybridized carbons (Fsp3) is 0.650. The van der Waals surface area contributed by atoms with Gasteiger partial charge in [-0.3, -0.25) is 9.69 Å². The van der Waals surface area contributed by atoms with Crippen LogP contribution in [0.4, 0.5) is 0 Å². The van der Waals surface area contributed by atoms with Gasteiger partial charge in [-0.1, -0.05) is 0 Å². The maximum atomic E-state index is 12.8. The van der Waals surface area contributed by atoms with Gasteiger partial charge < -0.3 is 25.2 Å². The Morgan fingerprint density at radius 1 is 1.14 bits per heavy atom. The molecule has 0 unspecified atom stereocenters. The van der Waals surface area contributed by atoms with Gasteiger partial charge in [-0.25, -0.2) is 0 Å². The van der Waals surface area contributed by atoms with Crippen LogP contribution < -0.4 is 15.2 Å². The Morgan fingerprint density at radius 2 is 1.83 bits per heavy atom. The summed E-state index contributed by atoms with van der Waals surface area (Å²) in [6, 6.07) is 5.54. The molecule has 3 N–H and O–H groups in total. The second-order valence-corrected chi connectivity index (χ2v) is 7.52. The van der Waals surface area contributed by atoms with E-state index in [9.17, 15) is 9.90 Å². The highest BCUT2D eigenvalue weighted by atomic mass is 35.5. The van der Waals surface area contributed by atoms with E-state index in [2.05, 4.69) is 4.90 Å². The third-order valence-corrected chi connectivity index (χ3v) is 5.78. The number of ether oxygens (including phenoxy) is 2. The molecule has 3 rings (SSSR count). The van der Waals surface area contributed by atoms with Gasteiger partial charge in [0.05, 0.1) is 20.3 Å². The molecule has 2 aliphatic rings. The fourth-order valence-electron chi connectivity index (χ4n) is 4.04. The topological polar surface area (TPSA) is 88.3 Å². The molecule has 2 fully saturated rings. The van der Waals surface area contributed by atoms with E-state index in [1.165, 1.54) is 0 Å². The summed E-state index contributed by atoms with van der Waals surface area (Å²) < 4.78 is 10.8. The van der Waals surface area contributed by atoms with Gasteiger partial charge in [0.25, 0.3) is 0 Å². The Morgan fingerprint density at radius 3 is 2.41 bits per heavy atom. The van der Waals surface area contributed by atoms with Crippen LogP contribution in [0.1, 0.15) is 24.8 Å². The van der Waals surface area contributed by atoms with Gasteiger partial charge >= 0.3 is 0 Å². The summed E-state index contributed by atoms with van der Waals surface area (Å²) in [7, 11) is 3.33. The summed E-state index contributed by atoms with van der Waals surface area (Å²) in [6.07, 6.45) is 1.47. The summed E-state index contributed by atoms with van der Waals surface area (Å²) in [5, 5.41) is 9.77. The number of aliphatic hydroxyl groups excluding tert-OH is 1. The van der Waals surface area contributed by atoms with Crippen LogP contribution in [-0.4, -0.2) is 73.4 Å². The molecule has 1 aliphatic carbocycles. The molecule has 0 spiro atoms. The minimum absolute atomic E-state index is 0. The van der Waals surface area contributed by atoms with Crippen LogP contribution in [0.2, 0.25) is 0 Å². The highest BCUT2D eigenvalue weighted by Crippen LogP contribution is 2.27. The third kappa shape index (κ3) is 6.36. The van der Waals surface area contributed by atoms with Crippen molar-refractivity contribution in [1.82, 2.24) is 9.80 Å². The molecule has 1 heterocycles. The molecule has 1 saturated carbocycles. The zero-order valence-electron chi connectivity index (χ0n) is 17.1. The van der Waals surface area contributed by atoms with Crippen LogP contribution in [0.15, 0.2) is 18.2 Å². The smallest absolute Gasteiger partial charge is 0.225 e.